The number of halogens is 4. The highest BCUT2D eigenvalue weighted by molar-refractivity contribution is 6.34. The van der Waals surface area contributed by atoms with E-state index in [1.54, 1.807) is 24.3 Å². The van der Waals surface area contributed by atoms with Gasteiger partial charge in [0.1, 0.15) is 58.7 Å². The SMILES string of the molecule is N#CC(C#N)=C1C2=C(N=C3C(=C(C#N)C#N)c4cc(F)cc(F)c4C3N2)c2c(F)cc(F)cc21. The first-order chi connectivity index (χ1) is 16.3. The number of rotatable bonds is 0. The molecule has 2 aromatic rings. The Morgan fingerprint density at radius 1 is 0.765 bits per heavy atom. The number of allylic oxidation sites excluding steroid dienone is 3. The fraction of sp³-hybridized carbons (Fsp3) is 0.0417. The van der Waals surface area contributed by atoms with Gasteiger partial charge in [0.15, 0.2) is 0 Å². The summed E-state index contributed by atoms with van der Waals surface area (Å²) in [4.78, 5) is 4.39. The lowest BCUT2D eigenvalue weighted by Gasteiger charge is -2.23. The van der Waals surface area contributed by atoms with Gasteiger partial charge >= 0.3 is 0 Å². The van der Waals surface area contributed by atoms with Gasteiger partial charge in [0.25, 0.3) is 0 Å². The molecule has 0 aromatic heterocycles. The van der Waals surface area contributed by atoms with Crippen LogP contribution in [0.5, 0.6) is 0 Å². The molecular formula is C24H6F4N6. The summed E-state index contributed by atoms with van der Waals surface area (Å²) in [6.07, 6.45) is 0. The Hall–Kier alpha value is -5.19. The zero-order chi connectivity index (χ0) is 24.3. The van der Waals surface area contributed by atoms with E-state index in [1.807, 2.05) is 0 Å². The van der Waals surface area contributed by atoms with Gasteiger partial charge in [-0.05, 0) is 17.7 Å². The third-order valence-electron chi connectivity index (χ3n) is 5.70. The third kappa shape index (κ3) is 2.60. The fourth-order valence-electron chi connectivity index (χ4n) is 4.47. The minimum absolute atomic E-state index is 0.0299. The summed E-state index contributed by atoms with van der Waals surface area (Å²) in [7, 11) is 0. The minimum Gasteiger partial charge on any atom is -0.370 e. The van der Waals surface area contributed by atoms with Gasteiger partial charge in [-0.2, -0.15) is 21.0 Å². The number of hydrogen-bond acceptors (Lipinski definition) is 6. The summed E-state index contributed by atoms with van der Waals surface area (Å²) >= 11 is 0. The van der Waals surface area contributed by atoms with E-state index in [-0.39, 0.29) is 50.5 Å². The molecule has 0 amide bonds. The van der Waals surface area contributed by atoms with Gasteiger partial charge in [-0.25, -0.2) is 22.6 Å². The second kappa shape index (κ2) is 7.17. The standard InChI is InChI=1S/C24H6F4N6/c25-11-1-13-17(9(5-29)6-30)21-23(19(13)15(27)3-11)34-22-18(10(7-31)8-32)14-2-12(26)4-16(28)20(14)24(22)33-21/h1-4,23,34H. The zero-order valence-electron chi connectivity index (χ0n) is 16.6. The van der Waals surface area contributed by atoms with E-state index in [1.165, 1.54) is 0 Å². The molecule has 1 atom stereocenters. The van der Waals surface area contributed by atoms with Gasteiger partial charge in [0, 0.05) is 40.0 Å². The Morgan fingerprint density at radius 3 is 1.94 bits per heavy atom. The molecule has 1 heterocycles. The minimum atomic E-state index is -1.16. The number of fused-ring (bicyclic) bond motifs is 5. The van der Waals surface area contributed by atoms with Crippen LogP contribution in [0.15, 0.2) is 46.1 Å². The Kier molecular flexibility index (Phi) is 4.36. The molecule has 0 saturated carbocycles. The van der Waals surface area contributed by atoms with Crippen LogP contribution in [-0.2, 0) is 0 Å². The predicted molar refractivity (Wildman–Crippen MR) is 109 cm³/mol. The Morgan fingerprint density at radius 2 is 1.32 bits per heavy atom. The average Bonchev–Trinajstić information content (AvgIpc) is 3.27. The second-order valence-electron chi connectivity index (χ2n) is 7.40. The lowest BCUT2D eigenvalue weighted by molar-refractivity contribution is 0.563. The van der Waals surface area contributed by atoms with Crippen molar-refractivity contribution in [3.05, 3.63) is 86.6 Å². The molecule has 5 rings (SSSR count). The van der Waals surface area contributed by atoms with Crippen molar-refractivity contribution in [1.82, 2.24) is 5.32 Å². The highest BCUT2D eigenvalue weighted by atomic mass is 19.1. The molecule has 0 bridgehead atoms. The van der Waals surface area contributed by atoms with Crippen molar-refractivity contribution in [3.63, 3.8) is 0 Å². The summed E-state index contributed by atoms with van der Waals surface area (Å²) in [5.74, 6) is -3.93. The molecule has 2 aromatic carbocycles. The fourth-order valence-corrected chi connectivity index (χ4v) is 4.47. The monoisotopic (exact) mass is 454 g/mol. The highest BCUT2D eigenvalue weighted by Gasteiger charge is 2.45. The second-order valence-corrected chi connectivity index (χ2v) is 7.40. The van der Waals surface area contributed by atoms with Gasteiger partial charge in [-0.3, -0.25) is 0 Å². The summed E-state index contributed by atoms with van der Waals surface area (Å²) in [6, 6.07) is 8.68. The van der Waals surface area contributed by atoms with Crippen LogP contribution in [0.4, 0.5) is 17.6 Å². The molecule has 0 spiro atoms. The van der Waals surface area contributed by atoms with Crippen molar-refractivity contribution in [2.75, 3.05) is 0 Å². The average molecular weight is 454 g/mol. The first-order valence-electron chi connectivity index (χ1n) is 9.52. The van der Waals surface area contributed by atoms with Crippen LogP contribution in [0.3, 0.4) is 0 Å². The number of nitrogens with zero attached hydrogens (tertiary/aromatic N) is 5. The maximum atomic E-state index is 14.9. The molecule has 160 valence electrons. The first kappa shape index (κ1) is 20.7. The van der Waals surface area contributed by atoms with Crippen molar-refractivity contribution >= 4 is 22.6 Å². The van der Waals surface area contributed by atoms with Crippen LogP contribution in [0.2, 0.25) is 0 Å². The highest BCUT2D eigenvalue weighted by Crippen LogP contribution is 2.51. The third-order valence-corrected chi connectivity index (χ3v) is 5.70. The van der Waals surface area contributed by atoms with E-state index in [0.717, 1.165) is 12.1 Å². The molecule has 0 saturated heterocycles. The molecule has 1 aliphatic heterocycles. The van der Waals surface area contributed by atoms with Gasteiger partial charge < -0.3 is 5.32 Å². The summed E-state index contributed by atoms with van der Waals surface area (Å²) in [5.41, 5.74) is -1.94. The van der Waals surface area contributed by atoms with E-state index < -0.39 is 40.5 Å². The van der Waals surface area contributed by atoms with Crippen molar-refractivity contribution in [2.24, 2.45) is 4.99 Å². The van der Waals surface area contributed by atoms with Crippen LogP contribution in [0.1, 0.15) is 28.3 Å². The maximum Gasteiger partial charge on any atom is 0.139 e. The molecule has 1 N–H and O–H groups in total. The predicted octanol–water partition coefficient (Wildman–Crippen LogP) is 4.33. The first-order valence-corrected chi connectivity index (χ1v) is 9.52. The van der Waals surface area contributed by atoms with Crippen molar-refractivity contribution in [1.29, 1.82) is 21.0 Å². The van der Waals surface area contributed by atoms with E-state index in [2.05, 4.69) is 10.3 Å². The number of benzene rings is 2. The Balaban J connectivity index is 1.89. The topological polar surface area (TPSA) is 120 Å². The van der Waals surface area contributed by atoms with Gasteiger partial charge in [0.2, 0.25) is 0 Å². The Labute approximate surface area is 188 Å². The largest absolute Gasteiger partial charge is 0.370 e. The zero-order valence-corrected chi connectivity index (χ0v) is 16.6. The van der Waals surface area contributed by atoms with Crippen LogP contribution >= 0.6 is 0 Å². The molecule has 34 heavy (non-hydrogen) atoms. The van der Waals surface area contributed by atoms with Gasteiger partial charge in [0.05, 0.1) is 23.1 Å². The summed E-state index contributed by atoms with van der Waals surface area (Å²) in [5, 5.41) is 40.7. The smallest absolute Gasteiger partial charge is 0.139 e. The van der Waals surface area contributed by atoms with Crippen molar-refractivity contribution in [2.45, 2.75) is 6.04 Å². The molecule has 1 unspecified atom stereocenters. The number of nitrogens with one attached hydrogen (secondary N) is 1. The summed E-state index contributed by atoms with van der Waals surface area (Å²) in [6.45, 7) is 0. The van der Waals surface area contributed by atoms with Crippen LogP contribution in [0.25, 0.3) is 16.8 Å². The molecule has 10 heteroatoms. The summed E-state index contributed by atoms with van der Waals surface area (Å²) < 4.78 is 57.9. The molecule has 0 radical (unpaired) electrons. The van der Waals surface area contributed by atoms with E-state index >= 15 is 0 Å². The van der Waals surface area contributed by atoms with Crippen LogP contribution in [0, 0.1) is 68.6 Å². The van der Waals surface area contributed by atoms with Crippen molar-refractivity contribution < 1.29 is 17.6 Å². The van der Waals surface area contributed by atoms with Crippen LogP contribution in [-0.4, -0.2) is 5.71 Å². The van der Waals surface area contributed by atoms with E-state index in [9.17, 15) is 38.6 Å². The molecular weight excluding hydrogens is 448 g/mol. The lowest BCUT2D eigenvalue weighted by Crippen LogP contribution is -2.29. The molecule has 0 fully saturated rings. The quantitative estimate of drug-likeness (QED) is 0.470. The molecule has 6 nitrogen and oxygen atoms in total. The Bertz CT molecular complexity index is 1630. The van der Waals surface area contributed by atoms with E-state index in [0.29, 0.717) is 12.1 Å². The van der Waals surface area contributed by atoms with Crippen LogP contribution < -0.4 is 5.32 Å². The van der Waals surface area contributed by atoms with Gasteiger partial charge in [-0.1, -0.05) is 0 Å². The number of aliphatic imine (C=N–C) groups is 1. The molecule has 3 aliphatic rings. The van der Waals surface area contributed by atoms with E-state index in [4.69, 9.17) is 0 Å². The molecule has 2 aliphatic carbocycles. The normalized spacial score (nSPS) is 16.6. The van der Waals surface area contributed by atoms with Gasteiger partial charge in [-0.15, -0.1) is 0 Å². The van der Waals surface area contributed by atoms with Crippen molar-refractivity contribution in [3.8, 4) is 24.3 Å². The number of nitriles is 4. The number of hydrogen-bond donors (Lipinski definition) is 1. The lowest BCUT2D eigenvalue weighted by atomic mass is 9.99. The maximum absolute atomic E-state index is 14.9.